The Morgan fingerprint density at radius 2 is 2.06 bits per heavy atom. The van der Waals surface area contributed by atoms with E-state index in [0.29, 0.717) is 24.0 Å². The molecule has 176 valence electrons. The number of aldehydes is 1. The fourth-order valence-corrected chi connectivity index (χ4v) is 4.76. The van der Waals surface area contributed by atoms with Crippen molar-refractivity contribution in [3.05, 3.63) is 41.5 Å². The van der Waals surface area contributed by atoms with Gasteiger partial charge in [-0.3, -0.25) is 4.90 Å². The van der Waals surface area contributed by atoms with E-state index in [9.17, 15) is 9.59 Å². The Labute approximate surface area is 193 Å². The van der Waals surface area contributed by atoms with Gasteiger partial charge in [0.25, 0.3) is 0 Å². The van der Waals surface area contributed by atoms with E-state index >= 15 is 0 Å². The second-order valence-corrected chi connectivity index (χ2v) is 9.22. The molecule has 0 bridgehead atoms. The van der Waals surface area contributed by atoms with Crippen molar-refractivity contribution in [1.82, 2.24) is 35.0 Å². The number of aromatic nitrogens is 5. The van der Waals surface area contributed by atoms with E-state index in [4.69, 9.17) is 4.74 Å². The molecule has 2 aromatic rings. The maximum Gasteiger partial charge on any atom is 0.335 e. The van der Waals surface area contributed by atoms with Crippen LogP contribution in [0.1, 0.15) is 44.6 Å². The SMILES string of the molecule is CC1=C(N(C)CC[C@]2(C=O)CC[C@@H](N(C)Cc3ccc(-n4cnnn4)nc3)CC2)COC1=O. The van der Waals surface area contributed by atoms with Crippen molar-refractivity contribution in [2.24, 2.45) is 5.41 Å². The maximum absolute atomic E-state index is 12.1. The third kappa shape index (κ3) is 5.11. The molecule has 1 aliphatic heterocycles. The van der Waals surface area contributed by atoms with Gasteiger partial charge in [0.1, 0.15) is 19.2 Å². The Bertz CT molecular complexity index is 996. The summed E-state index contributed by atoms with van der Waals surface area (Å²) in [5.74, 6) is 0.440. The molecule has 2 aliphatic rings. The van der Waals surface area contributed by atoms with Gasteiger partial charge in [-0.2, -0.15) is 4.68 Å². The summed E-state index contributed by atoms with van der Waals surface area (Å²) in [5, 5.41) is 11.1. The van der Waals surface area contributed by atoms with Crippen LogP contribution in [0.3, 0.4) is 0 Å². The molecule has 33 heavy (non-hydrogen) atoms. The minimum atomic E-state index is -0.293. The highest BCUT2D eigenvalue weighted by molar-refractivity contribution is 5.90. The number of rotatable bonds is 9. The lowest BCUT2D eigenvalue weighted by Crippen LogP contribution is -2.40. The minimum absolute atomic E-state index is 0.245. The van der Waals surface area contributed by atoms with Gasteiger partial charge in [0.05, 0.1) is 11.3 Å². The number of likely N-dealkylation sites (N-methyl/N-ethyl adjacent to an activating group) is 1. The van der Waals surface area contributed by atoms with Crippen LogP contribution in [0.2, 0.25) is 0 Å². The van der Waals surface area contributed by atoms with Crippen LogP contribution in [0.4, 0.5) is 0 Å². The third-order valence-corrected chi connectivity index (χ3v) is 7.13. The number of nitrogens with zero attached hydrogens (tertiary/aromatic N) is 7. The number of ether oxygens (including phenoxy) is 1. The van der Waals surface area contributed by atoms with E-state index in [1.807, 2.05) is 25.4 Å². The van der Waals surface area contributed by atoms with Crippen molar-refractivity contribution < 1.29 is 14.3 Å². The largest absolute Gasteiger partial charge is 0.456 e. The van der Waals surface area contributed by atoms with Gasteiger partial charge < -0.3 is 14.4 Å². The standard InChI is InChI=1S/C23H31N7O3/c1-17-20(14-33-22(17)32)28(2)11-10-23(15-31)8-6-19(7-9-23)29(3)13-18-4-5-21(24-12-18)30-16-25-26-27-30/h4-5,12,15-16,19H,6-11,13-14H2,1-3H3/t19-,23+. The summed E-state index contributed by atoms with van der Waals surface area (Å²) in [7, 11) is 4.10. The van der Waals surface area contributed by atoms with Crippen LogP contribution in [0.25, 0.3) is 5.82 Å². The van der Waals surface area contributed by atoms with Gasteiger partial charge in [-0.25, -0.2) is 9.78 Å². The number of tetrazole rings is 1. The zero-order valence-corrected chi connectivity index (χ0v) is 19.5. The highest BCUT2D eigenvalue weighted by atomic mass is 16.5. The second-order valence-electron chi connectivity index (χ2n) is 9.22. The zero-order valence-electron chi connectivity index (χ0n) is 19.5. The predicted octanol–water partition coefficient (Wildman–Crippen LogP) is 1.77. The van der Waals surface area contributed by atoms with Crippen LogP contribution in [0.5, 0.6) is 0 Å². The van der Waals surface area contributed by atoms with Crippen LogP contribution in [-0.2, 0) is 20.9 Å². The van der Waals surface area contributed by atoms with Crippen molar-refractivity contribution in [2.45, 2.75) is 51.6 Å². The van der Waals surface area contributed by atoms with Crippen molar-refractivity contribution in [1.29, 1.82) is 0 Å². The number of esters is 1. The zero-order chi connectivity index (χ0) is 23.4. The molecule has 10 heteroatoms. The number of cyclic esters (lactones) is 1. The van der Waals surface area contributed by atoms with Crippen LogP contribution in [-0.4, -0.2) is 80.5 Å². The fraction of sp³-hybridized carbons (Fsp3) is 0.565. The summed E-state index contributed by atoms with van der Waals surface area (Å²) < 4.78 is 6.64. The number of carbonyl (C=O) groups is 2. The Balaban J connectivity index is 1.28. The monoisotopic (exact) mass is 453 g/mol. The van der Waals surface area contributed by atoms with E-state index in [0.717, 1.165) is 62.7 Å². The van der Waals surface area contributed by atoms with Crippen LogP contribution >= 0.6 is 0 Å². The van der Waals surface area contributed by atoms with Gasteiger partial charge in [0, 0.05) is 37.8 Å². The summed E-state index contributed by atoms with van der Waals surface area (Å²) in [5.41, 5.74) is 2.43. The summed E-state index contributed by atoms with van der Waals surface area (Å²) in [6, 6.07) is 4.39. The smallest absolute Gasteiger partial charge is 0.335 e. The van der Waals surface area contributed by atoms with Crippen LogP contribution in [0.15, 0.2) is 35.9 Å². The number of carbonyl (C=O) groups excluding carboxylic acids is 2. The molecule has 0 unspecified atom stereocenters. The number of hydrogen-bond donors (Lipinski definition) is 0. The Kier molecular flexibility index (Phi) is 6.83. The first-order valence-corrected chi connectivity index (χ1v) is 11.3. The molecule has 2 aromatic heterocycles. The van der Waals surface area contributed by atoms with Gasteiger partial charge >= 0.3 is 5.97 Å². The number of hydrogen-bond acceptors (Lipinski definition) is 9. The second kappa shape index (κ2) is 9.78. The van der Waals surface area contributed by atoms with Crippen molar-refractivity contribution in [2.75, 3.05) is 27.2 Å². The van der Waals surface area contributed by atoms with Crippen molar-refractivity contribution in [3.8, 4) is 5.82 Å². The lowest BCUT2D eigenvalue weighted by Gasteiger charge is -2.40. The Hall–Kier alpha value is -3.14. The Morgan fingerprint density at radius 3 is 2.64 bits per heavy atom. The summed E-state index contributed by atoms with van der Waals surface area (Å²) in [6.45, 7) is 3.66. The first-order chi connectivity index (χ1) is 15.9. The highest BCUT2D eigenvalue weighted by Crippen LogP contribution is 2.39. The quantitative estimate of drug-likeness (QED) is 0.415. The van der Waals surface area contributed by atoms with E-state index in [1.165, 1.54) is 11.0 Å². The van der Waals surface area contributed by atoms with Gasteiger partial charge in [-0.05, 0) is 68.1 Å². The lowest BCUT2D eigenvalue weighted by molar-refractivity contribution is -0.136. The lowest BCUT2D eigenvalue weighted by atomic mass is 9.71. The van der Waals surface area contributed by atoms with Gasteiger partial charge in [-0.1, -0.05) is 6.07 Å². The molecular weight excluding hydrogens is 422 g/mol. The molecule has 1 saturated carbocycles. The minimum Gasteiger partial charge on any atom is -0.456 e. The van der Waals surface area contributed by atoms with Gasteiger partial charge in [0.2, 0.25) is 0 Å². The first-order valence-electron chi connectivity index (χ1n) is 11.3. The van der Waals surface area contributed by atoms with E-state index in [1.54, 1.807) is 6.92 Å². The molecular formula is C23H31N7O3. The van der Waals surface area contributed by atoms with Crippen LogP contribution < -0.4 is 0 Å². The molecule has 10 nitrogen and oxygen atoms in total. The van der Waals surface area contributed by atoms with Crippen molar-refractivity contribution in [3.63, 3.8) is 0 Å². The van der Waals surface area contributed by atoms with Crippen molar-refractivity contribution >= 4 is 12.3 Å². The fourth-order valence-electron chi connectivity index (χ4n) is 4.76. The third-order valence-electron chi connectivity index (χ3n) is 7.13. The molecule has 0 atom stereocenters. The summed E-state index contributed by atoms with van der Waals surface area (Å²) in [6.07, 6.45) is 9.05. The molecule has 0 aromatic carbocycles. The molecule has 1 fully saturated rings. The van der Waals surface area contributed by atoms with E-state index in [-0.39, 0.29) is 11.4 Å². The Morgan fingerprint density at radius 1 is 1.27 bits per heavy atom. The molecule has 3 heterocycles. The summed E-state index contributed by atoms with van der Waals surface area (Å²) in [4.78, 5) is 32.6. The number of pyridine rings is 1. The first kappa shape index (κ1) is 23.0. The molecule has 1 aliphatic carbocycles. The maximum atomic E-state index is 12.1. The molecule has 4 rings (SSSR count). The van der Waals surface area contributed by atoms with E-state index in [2.05, 4.69) is 37.4 Å². The topological polar surface area (TPSA) is 106 Å². The van der Waals surface area contributed by atoms with Gasteiger partial charge in [0.15, 0.2) is 5.82 Å². The molecule has 0 N–H and O–H groups in total. The normalized spacial score (nSPS) is 23.2. The van der Waals surface area contributed by atoms with E-state index < -0.39 is 0 Å². The summed E-state index contributed by atoms with van der Waals surface area (Å²) >= 11 is 0. The highest BCUT2D eigenvalue weighted by Gasteiger charge is 2.36. The predicted molar refractivity (Wildman–Crippen MR) is 120 cm³/mol. The van der Waals surface area contributed by atoms with Crippen LogP contribution in [0, 0.1) is 5.41 Å². The average Bonchev–Trinajstić information content (AvgIpc) is 3.49. The molecule has 0 radical (unpaired) electrons. The molecule has 0 amide bonds. The molecule has 0 saturated heterocycles. The average molecular weight is 454 g/mol. The van der Waals surface area contributed by atoms with Gasteiger partial charge in [-0.15, -0.1) is 5.10 Å². The molecule has 0 spiro atoms.